The van der Waals surface area contributed by atoms with Crippen LogP contribution in [0.5, 0.6) is 0 Å². The molecule has 0 saturated heterocycles. The van der Waals surface area contributed by atoms with Crippen molar-refractivity contribution in [2.24, 2.45) is 0 Å². The fourth-order valence-corrected chi connectivity index (χ4v) is 7.67. The highest BCUT2D eigenvalue weighted by atomic mass is 32.2. The molecule has 0 N–H and O–H groups in total. The number of hydrogen-bond acceptors (Lipinski definition) is 9. The number of para-hydroxylation sites is 2. The van der Waals surface area contributed by atoms with Gasteiger partial charge < -0.3 is 9.80 Å². The van der Waals surface area contributed by atoms with E-state index >= 15 is 0 Å². The third-order valence-electron chi connectivity index (χ3n) is 7.94. The van der Waals surface area contributed by atoms with Gasteiger partial charge in [-0.2, -0.15) is 10.5 Å². The molecule has 1 aromatic heterocycles. The largest absolute Gasteiger partial charge is 0.302 e. The van der Waals surface area contributed by atoms with E-state index < -0.39 is 11.6 Å². The summed E-state index contributed by atoms with van der Waals surface area (Å²) in [7, 11) is 0. The van der Waals surface area contributed by atoms with Crippen molar-refractivity contribution >= 4 is 57.9 Å². The molecule has 238 valence electrons. The van der Waals surface area contributed by atoms with Crippen LogP contribution in [0.1, 0.15) is 32.1 Å². The predicted octanol–water partition coefficient (Wildman–Crippen LogP) is 9.42. The second-order valence-corrected chi connectivity index (χ2v) is 12.7. The van der Waals surface area contributed by atoms with E-state index in [1.54, 1.807) is 6.07 Å². The fourth-order valence-electron chi connectivity index (χ4n) is 5.61. The molecule has 0 amide bonds. The number of rotatable bonds is 8. The lowest BCUT2D eigenvalue weighted by Crippen LogP contribution is -2.21. The molecular weight excluding hydrogens is 659 g/mol. The summed E-state index contributed by atoms with van der Waals surface area (Å²) in [6, 6.07) is 47.2. The first-order chi connectivity index (χ1) is 24.6. The molecule has 2 aliphatic rings. The van der Waals surface area contributed by atoms with Gasteiger partial charge in [-0.15, -0.1) is 0 Å². The van der Waals surface area contributed by atoms with Crippen LogP contribution in [-0.4, -0.2) is 16.6 Å². The molecule has 0 unspecified atom stereocenters. The number of benzene rings is 4. The molecule has 2 aliphatic heterocycles. The van der Waals surface area contributed by atoms with E-state index in [0.717, 1.165) is 33.9 Å². The number of nitrogens with zero attached hydrogens (tertiary/aromatic N) is 5. The van der Waals surface area contributed by atoms with Gasteiger partial charge in [-0.05, 0) is 47.5 Å². The van der Waals surface area contributed by atoms with Crippen molar-refractivity contribution in [1.29, 1.82) is 10.5 Å². The van der Waals surface area contributed by atoms with E-state index in [-0.39, 0.29) is 22.5 Å². The molecule has 5 aromatic rings. The number of carbonyl (C=O) groups is 2. The smallest absolute Gasteiger partial charge is 0.224 e. The maximum Gasteiger partial charge on any atom is 0.224 e. The molecule has 0 bridgehead atoms. The fraction of sp³-hybridized carbons (Fsp3) is 0. The maximum atomic E-state index is 14.1. The number of allylic oxidation sites excluding steroid dienone is 2. The number of thioether (sulfide) groups is 2. The highest BCUT2D eigenvalue weighted by Crippen LogP contribution is 2.46. The lowest BCUT2D eigenvalue weighted by Gasteiger charge is -2.24. The van der Waals surface area contributed by atoms with E-state index in [9.17, 15) is 20.1 Å². The Kier molecular flexibility index (Phi) is 9.26. The number of aromatic nitrogens is 1. The third kappa shape index (κ3) is 6.15. The minimum Gasteiger partial charge on any atom is -0.302 e. The number of carbonyl (C=O) groups excluding carboxylic acids is 2. The van der Waals surface area contributed by atoms with Gasteiger partial charge in [0.15, 0.2) is 0 Å². The number of hydrogen-bond donors (Lipinski definition) is 0. The number of nitriles is 2. The standard InChI is InChI=1S/C41H25N5O2S2/c42-24-32(40-45(30-18-9-3-10-19-30)36(26-49-40)28-14-5-1-6-15-28)38(47)34-22-13-23-35(44-34)39(48)33(25-43)41-46(31-20-11-4-12-21-31)37(27-50-41)29-16-7-2-8-17-29/h1-23,26-27H/b40-32+,41-33+. The van der Waals surface area contributed by atoms with E-state index in [4.69, 9.17) is 0 Å². The Bertz CT molecular complexity index is 2160. The molecule has 50 heavy (non-hydrogen) atoms. The zero-order valence-corrected chi connectivity index (χ0v) is 27.9. The molecule has 7 nitrogen and oxygen atoms in total. The van der Waals surface area contributed by atoms with Crippen LogP contribution in [0, 0.1) is 22.7 Å². The number of Topliss-reactive ketones (excluding diaryl/α,β-unsaturated/α-hetero) is 2. The van der Waals surface area contributed by atoms with Crippen LogP contribution in [-0.2, 0) is 0 Å². The molecule has 0 atom stereocenters. The number of anilines is 2. The second kappa shape index (κ2) is 14.4. The van der Waals surface area contributed by atoms with Crippen LogP contribution in [0.15, 0.2) is 172 Å². The Morgan fingerprint density at radius 1 is 0.500 bits per heavy atom. The van der Waals surface area contributed by atoms with Crippen LogP contribution in [0.4, 0.5) is 11.4 Å². The Labute approximate surface area is 297 Å². The average Bonchev–Trinajstić information content (AvgIpc) is 3.82. The molecule has 0 saturated carbocycles. The van der Waals surface area contributed by atoms with Crippen molar-refractivity contribution < 1.29 is 9.59 Å². The zero-order chi connectivity index (χ0) is 34.5. The van der Waals surface area contributed by atoms with Crippen molar-refractivity contribution in [2.45, 2.75) is 0 Å². The molecule has 9 heteroatoms. The number of pyridine rings is 1. The first-order valence-electron chi connectivity index (χ1n) is 15.5. The van der Waals surface area contributed by atoms with Crippen LogP contribution < -0.4 is 9.80 Å². The van der Waals surface area contributed by atoms with E-state index in [0.29, 0.717) is 10.1 Å². The third-order valence-corrected chi connectivity index (χ3v) is 9.84. The van der Waals surface area contributed by atoms with E-state index in [1.165, 1.54) is 35.7 Å². The van der Waals surface area contributed by atoms with Crippen molar-refractivity contribution in [3.05, 3.63) is 194 Å². The van der Waals surface area contributed by atoms with Crippen molar-refractivity contribution in [3.8, 4) is 12.1 Å². The van der Waals surface area contributed by atoms with Crippen molar-refractivity contribution in [3.63, 3.8) is 0 Å². The SMILES string of the molecule is N#C/C(C(=O)c1cccc(C(=O)/C(C#N)=C2/SC=C(c3ccccc3)N2c2ccccc2)n1)=C1\SC=C(c2ccccc2)N1c1ccccc1. The van der Waals surface area contributed by atoms with Crippen LogP contribution >= 0.6 is 23.5 Å². The van der Waals surface area contributed by atoms with Crippen molar-refractivity contribution in [1.82, 2.24) is 4.98 Å². The summed E-state index contributed by atoms with van der Waals surface area (Å²) in [6.45, 7) is 0. The molecule has 3 heterocycles. The first-order valence-corrected chi connectivity index (χ1v) is 17.2. The van der Waals surface area contributed by atoms with Crippen LogP contribution in [0.2, 0.25) is 0 Å². The van der Waals surface area contributed by atoms with Gasteiger partial charge in [0, 0.05) is 22.2 Å². The molecule has 0 fully saturated rings. The highest BCUT2D eigenvalue weighted by Gasteiger charge is 2.33. The predicted molar refractivity (Wildman–Crippen MR) is 200 cm³/mol. The Hall–Kier alpha value is -6.39. The summed E-state index contributed by atoms with van der Waals surface area (Å²) in [6.07, 6.45) is 0. The quantitative estimate of drug-likeness (QED) is 0.0899. The van der Waals surface area contributed by atoms with Gasteiger partial charge in [-0.3, -0.25) is 9.59 Å². The maximum absolute atomic E-state index is 14.1. The van der Waals surface area contributed by atoms with Crippen LogP contribution in [0.3, 0.4) is 0 Å². The van der Waals surface area contributed by atoms with Gasteiger partial charge in [-0.1, -0.05) is 127 Å². The summed E-state index contributed by atoms with van der Waals surface area (Å²) >= 11 is 2.55. The zero-order valence-electron chi connectivity index (χ0n) is 26.3. The molecule has 0 aliphatic carbocycles. The molecule has 7 rings (SSSR count). The summed E-state index contributed by atoms with van der Waals surface area (Å²) in [5.74, 6) is -1.26. The Morgan fingerprint density at radius 2 is 0.860 bits per heavy atom. The van der Waals surface area contributed by atoms with Gasteiger partial charge in [-0.25, -0.2) is 4.98 Å². The Morgan fingerprint density at radius 3 is 1.22 bits per heavy atom. The summed E-state index contributed by atoms with van der Waals surface area (Å²) in [4.78, 5) is 36.4. The number of ketones is 2. The lowest BCUT2D eigenvalue weighted by atomic mass is 10.1. The minimum atomic E-state index is -0.631. The van der Waals surface area contributed by atoms with Gasteiger partial charge in [0.2, 0.25) is 11.6 Å². The normalized spacial score (nSPS) is 15.8. The second-order valence-electron chi connectivity index (χ2n) is 11.0. The minimum absolute atomic E-state index is 0.0777. The monoisotopic (exact) mass is 683 g/mol. The molecule has 0 radical (unpaired) electrons. The lowest BCUT2D eigenvalue weighted by molar-refractivity contribution is 0.103. The molecular formula is C41H25N5O2S2. The van der Waals surface area contributed by atoms with Crippen LogP contribution in [0.25, 0.3) is 11.4 Å². The summed E-state index contributed by atoms with van der Waals surface area (Å²) in [5, 5.41) is 25.5. The van der Waals surface area contributed by atoms with Gasteiger partial charge in [0.05, 0.1) is 11.4 Å². The summed E-state index contributed by atoms with van der Waals surface area (Å²) < 4.78 is 0. The first kappa shape index (κ1) is 32.2. The van der Waals surface area contributed by atoms with E-state index in [1.807, 2.05) is 142 Å². The summed E-state index contributed by atoms with van der Waals surface area (Å²) in [5.41, 5.74) is 4.66. The topological polar surface area (TPSA) is 101 Å². The van der Waals surface area contributed by atoms with Crippen molar-refractivity contribution in [2.75, 3.05) is 9.80 Å². The van der Waals surface area contributed by atoms with Gasteiger partial charge in [0.1, 0.15) is 44.7 Å². The van der Waals surface area contributed by atoms with Gasteiger partial charge in [0.25, 0.3) is 0 Å². The Balaban J connectivity index is 1.26. The molecule has 4 aromatic carbocycles. The molecule has 0 spiro atoms. The van der Waals surface area contributed by atoms with E-state index in [2.05, 4.69) is 17.1 Å². The van der Waals surface area contributed by atoms with Gasteiger partial charge >= 0.3 is 0 Å². The average molecular weight is 684 g/mol. The highest BCUT2D eigenvalue weighted by molar-refractivity contribution is 8.06.